The van der Waals surface area contributed by atoms with Crippen molar-refractivity contribution in [3.05, 3.63) is 0 Å². The third kappa shape index (κ3) is 7.39. The number of hydrogen-bond donors (Lipinski definition) is 2. The summed E-state index contributed by atoms with van der Waals surface area (Å²) in [5, 5.41) is 5.94. The molecule has 0 bridgehead atoms. The zero-order valence-electron chi connectivity index (χ0n) is 12.6. The average molecular weight is 349 g/mol. The fraction of sp³-hybridized carbons (Fsp3) is 1.00. The summed E-state index contributed by atoms with van der Waals surface area (Å²) in [6, 6.07) is 0.822. The van der Waals surface area contributed by atoms with Gasteiger partial charge in [0.15, 0.2) is 0 Å². The maximum Gasteiger partial charge on any atom is 0.272 e. The van der Waals surface area contributed by atoms with Crippen LogP contribution in [0.2, 0.25) is 0 Å². The quantitative estimate of drug-likeness (QED) is 0.741. The predicted octanol–water partition coefficient (Wildman–Crippen LogP) is 1.05. The lowest BCUT2D eigenvalue weighted by Gasteiger charge is -2.39. The number of hydrogen-bond acceptors (Lipinski definition) is 4. The Labute approximate surface area is 138 Å². The first-order chi connectivity index (χ1) is 9.07. The van der Waals surface area contributed by atoms with E-state index in [1.807, 2.05) is 0 Å². The summed E-state index contributed by atoms with van der Waals surface area (Å²) in [6.07, 6.45) is 2.76. The van der Waals surface area contributed by atoms with E-state index in [1.165, 1.54) is 52.1 Å². The van der Waals surface area contributed by atoms with E-state index in [9.17, 15) is 8.78 Å². The van der Waals surface area contributed by atoms with Crippen molar-refractivity contribution in [2.75, 3.05) is 59.4 Å². The first-order valence-electron chi connectivity index (χ1n) is 7.29. The van der Waals surface area contributed by atoms with E-state index in [4.69, 9.17) is 0 Å². The van der Waals surface area contributed by atoms with Crippen LogP contribution in [-0.2, 0) is 0 Å². The molecule has 0 aromatic rings. The lowest BCUT2D eigenvalue weighted by molar-refractivity contribution is -0.0475. The van der Waals surface area contributed by atoms with E-state index < -0.39 is 5.92 Å². The van der Waals surface area contributed by atoms with E-state index >= 15 is 0 Å². The van der Waals surface area contributed by atoms with Crippen molar-refractivity contribution in [1.82, 2.24) is 20.4 Å². The molecule has 3 fully saturated rings. The molecule has 3 aliphatic heterocycles. The van der Waals surface area contributed by atoms with Crippen LogP contribution < -0.4 is 10.6 Å². The number of halogens is 4. The summed E-state index contributed by atoms with van der Waals surface area (Å²) < 4.78 is 23.0. The molecule has 3 heterocycles. The van der Waals surface area contributed by atoms with Crippen LogP contribution in [0.4, 0.5) is 8.78 Å². The Balaban J connectivity index is 0.000000430. The monoisotopic (exact) mass is 348 g/mol. The van der Waals surface area contributed by atoms with Gasteiger partial charge in [-0.05, 0) is 26.4 Å². The Morgan fingerprint density at radius 2 is 1.57 bits per heavy atom. The van der Waals surface area contributed by atoms with Crippen molar-refractivity contribution in [2.45, 2.75) is 24.8 Å². The number of piperidine rings is 1. The highest BCUT2D eigenvalue weighted by atomic mass is 35.5. The molecule has 4 nitrogen and oxygen atoms in total. The van der Waals surface area contributed by atoms with Crippen molar-refractivity contribution < 1.29 is 8.78 Å². The third-order valence-electron chi connectivity index (χ3n) is 4.09. The molecule has 3 rings (SSSR count). The van der Waals surface area contributed by atoms with Gasteiger partial charge >= 0.3 is 0 Å². The van der Waals surface area contributed by atoms with Crippen LogP contribution in [-0.4, -0.2) is 81.2 Å². The minimum absolute atomic E-state index is 0. The van der Waals surface area contributed by atoms with Gasteiger partial charge in [-0.1, -0.05) is 0 Å². The number of piperazine rings is 1. The molecule has 0 aromatic carbocycles. The van der Waals surface area contributed by atoms with Crippen molar-refractivity contribution >= 4 is 24.8 Å². The van der Waals surface area contributed by atoms with Gasteiger partial charge in [0.1, 0.15) is 0 Å². The number of likely N-dealkylation sites (N-methyl/N-ethyl adjacent to an activating group) is 1. The van der Waals surface area contributed by atoms with Crippen LogP contribution >= 0.6 is 24.8 Å². The fourth-order valence-corrected chi connectivity index (χ4v) is 2.65. The van der Waals surface area contributed by atoms with Crippen LogP contribution in [0.5, 0.6) is 0 Å². The van der Waals surface area contributed by atoms with E-state index in [-0.39, 0.29) is 37.9 Å². The molecule has 0 radical (unpaired) electrons. The standard InChI is InChI=1S/C10H21N3.C3H5F2N.2ClH/c1-12-5-7-13(8-6-12)10-3-2-4-11-9-10;4-3(5)1-6-2-3;;/h10-11H,2-9H2,1H3;6H,1-2H2;2*1H. The number of nitrogens with one attached hydrogen (secondary N) is 2. The smallest absolute Gasteiger partial charge is 0.272 e. The minimum atomic E-state index is -2.39. The molecule has 1 unspecified atom stereocenters. The lowest BCUT2D eigenvalue weighted by Crippen LogP contribution is -2.53. The summed E-state index contributed by atoms with van der Waals surface area (Å²) in [6.45, 7) is 7.20. The van der Waals surface area contributed by atoms with Gasteiger partial charge < -0.3 is 15.5 Å². The van der Waals surface area contributed by atoms with Gasteiger partial charge in [-0.25, -0.2) is 8.78 Å². The molecule has 0 saturated carbocycles. The Kier molecular flexibility index (Phi) is 10.3. The second kappa shape index (κ2) is 10.1. The first-order valence-corrected chi connectivity index (χ1v) is 7.29. The van der Waals surface area contributed by atoms with Crippen molar-refractivity contribution in [2.24, 2.45) is 0 Å². The number of alkyl halides is 2. The summed E-state index contributed by atoms with van der Waals surface area (Å²) >= 11 is 0. The molecule has 3 aliphatic rings. The normalized spacial score (nSPS) is 29.0. The van der Waals surface area contributed by atoms with Crippen LogP contribution in [0.25, 0.3) is 0 Å². The highest BCUT2D eigenvalue weighted by molar-refractivity contribution is 5.85. The van der Waals surface area contributed by atoms with Gasteiger partial charge in [0, 0.05) is 38.8 Å². The molecule has 1 atom stereocenters. The molecule has 128 valence electrons. The van der Waals surface area contributed by atoms with E-state index in [0.29, 0.717) is 0 Å². The Hall–Kier alpha value is 0.280. The molecule has 3 saturated heterocycles. The molecule has 0 aromatic heterocycles. The fourth-order valence-electron chi connectivity index (χ4n) is 2.65. The zero-order chi connectivity index (χ0) is 13.7. The van der Waals surface area contributed by atoms with Crippen molar-refractivity contribution in [3.63, 3.8) is 0 Å². The molecule has 8 heteroatoms. The second-order valence-electron chi connectivity index (χ2n) is 5.80. The maximum absolute atomic E-state index is 11.5. The Morgan fingerprint density at radius 1 is 1.00 bits per heavy atom. The van der Waals surface area contributed by atoms with Crippen molar-refractivity contribution in [1.29, 1.82) is 0 Å². The molecule has 0 spiro atoms. The molecular formula is C13H28Cl2F2N4. The summed E-state index contributed by atoms with van der Waals surface area (Å²) in [4.78, 5) is 5.08. The van der Waals surface area contributed by atoms with Gasteiger partial charge in [-0.2, -0.15) is 0 Å². The number of rotatable bonds is 1. The van der Waals surface area contributed by atoms with Crippen LogP contribution in [0.1, 0.15) is 12.8 Å². The van der Waals surface area contributed by atoms with Gasteiger partial charge in [0.2, 0.25) is 0 Å². The van der Waals surface area contributed by atoms with Crippen LogP contribution in [0.3, 0.4) is 0 Å². The van der Waals surface area contributed by atoms with Crippen LogP contribution in [0, 0.1) is 0 Å². The Bertz CT molecular complexity index is 265. The lowest BCUT2D eigenvalue weighted by atomic mass is 10.1. The molecule has 0 aliphatic carbocycles. The summed E-state index contributed by atoms with van der Waals surface area (Å²) in [7, 11) is 2.22. The van der Waals surface area contributed by atoms with Gasteiger partial charge in [-0.15, -0.1) is 24.8 Å². The molecule has 2 N–H and O–H groups in total. The minimum Gasteiger partial charge on any atom is -0.315 e. The third-order valence-corrected chi connectivity index (χ3v) is 4.09. The maximum atomic E-state index is 11.5. The largest absolute Gasteiger partial charge is 0.315 e. The highest BCUT2D eigenvalue weighted by Crippen LogP contribution is 2.16. The second-order valence-corrected chi connectivity index (χ2v) is 5.80. The zero-order valence-corrected chi connectivity index (χ0v) is 14.2. The highest BCUT2D eigenvalue weighted by Gasteiger charge is 2.36. The van der Waals surface area contributed by atoms with Gasteiger partial charge in [0.05, 0.1) is 13.1 Å². The average Bonchev–Trinajstić information content (AvgIpc) is 2.40. The summed E-state index contributed by atoms with van der Waals surface area (Å²) in [5.74, 6) is -2.39. The Morgan fingerprint density at radius 3 is 1.95 bits per heavy atom. The topological polar surface area (TPSA) is 30.5 Å². The SMILES string of the molecule is CN1CCN(C2CCCNC2)CC1.Cl.Cl.FC1(F)CNC1. The first kappa shape index (κ1) is 21.3. The predicted molar refractivity (Wildman–Crippen MR) is 87.3 cm³/mol. The van der Waals surface area contributed by atoms with Crippen molar-refractivity contribution in [3.8, 4) is 0 Å². The van der Waals surface area contributed by atoms with Gasteiger partial charge in [0.25, 0.3) is 5.92 Å². The molecule has 21 heavy (non-hydrogen) atoms. The van der Waals surface area contributed by atoms with Crippen LogP contribution in [0.15, 0.2) is 0 Å². The summed E-state index contributed by atoms with van der Waals surface area (Å²) in [5.41, 5.74) is 0. The van der Waals surface area contributed by atoms with E-state index in [1.54, 1.807) is 0 Å². The molecular weight excluding hydrogens is 321 g/mol. The van der Waals surface area contributed by atoms with E-state index in [2.05, 4.69) is 27.5 Å². The van der Waals surface area contributed by atoms with E-state index in [0.717, 1.165) is 6.04 Å². The number of nitrogens with zero attached hydrogens (tertiary/aromatic N) is 2. The molecule has 0 amide bonds. The van der Waals surface area contributed by atoms with Gasteiger partial charge in [-0.3, -0.25) is 4.90 Å².